The summed E-state index contributed by atoms with van der Waals surface area (Å²) in [7, 11) is 0. The quantitative estimate of drug-likeness (QED) is 0.425. The van der Waals surface area contributed by atoms with Crippen LogP contribution >= 0.6 is 0 Å². The zero-order valence-corrected chi connectivity index (χ0v) is 11.6. The first kappa shape index (κ1) is 12.1. The normalized spacial score (nSPS) is 41.1. The van der Waals surface area contributed by atoms with E-state index in [1.807, 2.05) is 0 Å². The summed E-state index contributed by atoms with van der Waals surface area (Å²) in [6.45, 7) is 5.40. The Hall–Kier alpha value is -0.920. The van der Waals surface area contributed by atoms with Gasteiger partial charge in [-0.15, -0.1) is 0 Å². The molecule has 0 aromatic carbocycles. The molecule has 0 radical (unpaired) electrons. The van der Waals surface area contributed by atoms with Crippen LogP contribution in [0.4, 0.5) is 0 Å². The Morgan fingerprint density at radius 2 is 1.50 bits per heavy atom. The average molecular weight is 246 g/mol. The maximum absolute atomic E-state index is 11.9. The Kier molecular flexibility index (Phi) is 2.55. The van der Waals surface area contributed by atoms with Crippen LogP contribution in [0.15, 0.2) is 11.1 Å². The fraction of sp³-hybridized carbons (Fsp3) is 0.750. The van der Waals surface area contributed by atoms with Gasteiger partial charge in [0.1, 0.15) is 0 Å². The summed E-state index contributed by atoms with van der Waals surface area (Å²) in [5.41, 5.74) is 1.91. The Morgan fingerprint density at radius 3 is 1.89 bits per heavy atom. The molecule has 18 heavy (non-hydrogen) atoms. The van der Waals surface area contributed by atoms with E-state index in [0.717, 1.165) is 11.8 Å². The summed E-state index contributed by atoms with van der Waals surface area (Å²) in [5.74, 6) is 2.16. The minimum Gasteiger partial charge on any atom is -0.294 e. The molecule has 0 N–H and O–H groups in total. The number of ketones is 2. The Morgan fingerprint density at radius 1 is 1.00 bits per heavy atom. The molecule has 0 saturated heterocycles. The molecular weight excluding hydrogens is 224 g/mol. The van der Waals surface area contributed by atoms with Crippen molar-refractivity contribution in [3.05, 3.63) is 11.1 Å². The molecule has 4 bridgehead atoms. The van der Waals surface area contributed by atoms with E-state index in [1.165, 1.54) is 37.7 Å². The van der Waals surface area contributed by atoms with Crippen LogP contribution in [0.1, 0.15) is 52.9 Å². The fourth-order valence-corrected chi connectivity index (χ4v) is 5.34. The lowest BCUT2D eigenvalue weighted by molar-refractivity contribution is -0.120. The van der Waals surface area contributed by atoms with Crippen molar-refractivity contribution in [1.82, 2.24) is 0 Å². The highest BCUT2D eigenvalue weighted by Gasteiger charge is 2.53. The van der Waals surface area contributed by atoms with E-state index < -0.39 is 0 Å². The largest absolute Gasteiger partial charge is 0.294 e. The molecule has 0 aliphatic heterocycles. The van der Waals surface area contributed by atoms with Gasteiger partial charge in [0.2, 0.25) is 0 Å². The average Bonchev–Trinajstić information content (AvgIpc) is 2.20. The monoisotopic (exact) mass is 246 g/mol. The van der Waals surface area contributed by atoms with Gasteiger partial charge in [-0.05, 0) is 74.7 Å². The van der Waals surface area contributed by atoms with Crippen molar-refractivity contribution < 1.29 is 9.59 Å². The molecule has 4 aliphatic rings. The number of carbonyl (C=O) groups is 2. The second-order valence-corrected chi connectivity index (χ2v) is 7.01. The van der Waals surface area contributed by atoms with Gasteiger partial charge >= 0.3 is 0 Å². The van der Waals surface area contributed by atoms with Crippen molar-refractivity contribution in [2.24, 2.45) is 23.2 Å². The minimum atomic E-state index is -0.0220. The molecule has 0 spiro atoms. The minimum absolute atomic E-state index is 0.0220. The van der Waals surface area contributed by atoms with Gasteiger partial charge in [0.25, 0.3) is 0 Å². The maximum Gasteiger partial charge on any atom is 0.163 e. The third-order valence-electron chi connectivity index (χ3n) is 5.41. The number of Topliss-reactive ketones (excluding diaryl/α,β-unsaturated/α-hetero) is 2. The summed E-state index contributed by atoms with van der Waals surface area (Å²) >= 11 is 0. The van der Waals surface area contributed by atoms with Crippen molar-refractivity contribution >= 4 is 11.6 Å². The SMILES string of the molecule is CC(=O)C(C(C)=O)=C1C2CC3CC(C2)CC1(C)C3. The standard InChI is InChI=1S/C16H22O2/c1-9(17)14(10(2)18)15-13-5-11-4-12(6-13)8-16(15,3)7-11/h11-13H,4-8H2,1-3H3. The molecule has 4 fully saturated rings. The summed E-state index contributed by atoms with van der Waals surface area (Å²) < 4.78 is 0. The predicted octanol–water partition coefficient (Wildman–Crippen LogP) is 3.31. The van der Waals surface area contributed by atoms with Crippen LogP contribution in [-0.4, -0.2) is 11.6 Å². The molecule has 2 atom stereocenters. The molecule has 0 aromatic rings. The zero-order chi connectivity index (χ0) is 13.1. The smallest absolute Gasteiger partial charge is 0.163 e. The van der Waals surface area contributed by atoms with Crippen LogP contribution in [0.25, 0.3) is 0 Å². The van der Waals surface area contributed by atoms with Crippen molar-refractivity contribution in [1.29, 1.82) is 0 Å². The molecule has 4 saturated carbocycles. The molecule has 2 nitrogen and oxygen atoms in total. The summed E-state index contributed by atoms with van der Waals surface area (Å²) in [4.78, 5) is 23.7. The fourth-order valence-electron chi connectivity index (χ4n) is 5.34. The van der Waals surface area contributed by atoms with Crippen LogP contribution in [-0.2, 0) is 9.59 Å². The lowest BCUT2D eigenvalue weighted by Crippen LogP contribution is -2.47. The van der Waals surface area contributed by atoms with E-state index in [0.29, 0.717) is 11.5 Å². The van der Waals surface area contributed by atoms with Gasteiger partial charge in [0.05, 0.1) is 5.57 Å². The third-order valence-corrected chi connectivity index (χ3v) is 5.41. The van der Waals surface area contributed by atoms with E-state index >= 15 is 0 Å². The Bertz CT molecular complexity index is 428. The molecular formula is C16H22O2. The van der Waals surface area contributed by atoms with Gasteiger partial charge in [-0.25, -0.2) is 0 Å². The van der Waals surface area contributed by atoms with Crippen molar-refractivity contribution in [3.8, 4) is 0 Å². The van der Waals surface area contributed by atoms with Gasteiger partial charge < -0.3 is 0 Å². The van der Waals surface area contributed by atoms with E-state index in [1.54, 1.807) is 13.8 Å². The lowest BCUT2D eigenvalue weighted by atomic mass is 9.47. The van der Waals surface area contributed by atoms with E-state index in [4.69, 9.17) is 0 Å². The van der Waals surface area contributed by atoms with Crippen molar-refractivity contribution in [2.75, 3.05) is 0 Å². The van der Waals surface area contributed by atoms with Crippen LogP contribution in [0.5, 0.6) is 0 Å². The van der Waals surface area contributed by atoms with Crippen LogP contribution in [0, 0.1) is 23.2 Å². The van der Waals surface area contributed by atoms with Crippen LogP contribution < -0.4 is 0 Å². The van der Waals surface area contributed by atoms with Gasteiger partial charge in [0, 0.05) is 0 Å². The number of rotatable bonds is 2. The van der Waals surface area contributed by atoms with Gasteiger partial charge in [-0.3, -0.25) is 9.59 Å². The number of hydrogen-bond acceptors (Lipinski definition) is 2. The van der Waals surface area contributed by atoms with Crippen LogP contribution in [0.2, 0.25) is 0 Å². The van der Waals surface area contributed by atoms with Crippen molar-refractivity contribution in [2.45, 2.75) is 52.9 Å². The summed E-state index contributed by atoms with van der Waals surface area (Å²) in [6, 6.07) is 0. The van der Waals surface area contributed by atoms with Gasteiger partial charge in [0.15, 0.2) is 11.6 Å². The highest BCUT2D eigenvalue weighted by atomic mass is 16.1. The second kappa shape index (κ2) is 3.79. The molecule has 2 unspecified atom stereocenters. The molecule has 4 rings (SSSR count). The first-order valence-corrected chi connectivity index (χ1v) is 7.17. The van der Waals surface area contributed by atoms with Crippen molar-refractivity contribution in [3.63, 3.8) is 0 Å². The number of hydrogen-bond donors (Lipinski definition) is 0. The lowest BCUT2D eigenvalue weighted by Gasteiger charge is -2.57. The van der Waals surface area contributed by atoms with E-state index in [2.05, 4.69) is 6.92 Å². The van der Waals surface area contributed by atoms with Gasteiger partial charge in [-0.1, -0.05) is 6.92 Å². The summed E-state index contributed by atoms with van der Waals surface area (Å²) in [6.07, 6.45) is 6.20. The number of allylic oxidation sites excluding steroid dienone is 2. The zero-order valence-electron chi connectivity index (χ0n) is 11.6. The molecule has 0 amide bonds. The number of carbonyl (C=O) groups excluding carboxylic acids is 2. The highest BCUT2D eigenvalue weighted by molar-refractivity contribution is 6.19. The van der Waals surface area contributed by atoms with Gasteiger partial charge in [-0.2, -0.15) is 0 Å². The highest BCUT2D eigenvalue weighted by Crippen LogP contribution is 2.63. The Labute approximate surface area is 109 Å². The molecule has 0 aromatic heterocycles. The second-order valence-electron chi connectivity index (χ2n) is 7.01. The molecule has 4 aliphatic carbocycles. The van der Waals surface area contributed by atoms with E-state index in [-0.39, 0.29) is 17.0 Å². The maximum atomic E-state index is 11.9. The third kappa shape index (κ3) is 1.61. The van der Waals surface area contributed by atoms with Crippen LogP contribution in [0.3, 0.4) is 0 Å². The first-order valence-electron chi connectivity index (χ1n) is 7.17. The summed E-state index contributed by atoms with van der Waals surface area (Å²) in [5, 5.41) is 0. The predicted molar refractivity (Wildman–Crippen MR) is 70.1 cm³/mol. The molecule has 98 valence electrons. The first-order chi connectivity index (χ1) is 8.40. The topological polar surface area (TPSA) is 34.1 Å². The Balaban J connectivity index is 2.13. The van der Waals surface area contributed by atoms with E-state index in [9.17, 15) is 9.59 Å². The molecule has 0 heterocycles. The molecule has 2 heteroatoms.